The fourth-order valence-electron chi connectivity index (χ4n) is 7.48. The average molecular weight is 1080 g/mol. The Balaban J connectivity index is 0.000000204. The van der Waals surface area contributed by atoms with E-state index in [0.29, 0.717) is 0 Å². The predicted molar refractivity (Wildman–Crippen MR) is 244 cm³/mol. The number of hydrogen-bond acceptors (Lipinski definition) is 0. The first-order chi connectivity index (χ1) is 23.8. The van der Waals surface area contributed by atoms with E-state index in [1.54, 1.807) is 11.1 Å². The molecule has 0 saturated carbocycles. The molecule has 4 aromatic carbocycles. The van der Waals surface area contributed by atoms with Crippen molar-refractivity contribution in [3.63, 3.8) is 0 Å². The fraction of sp³-hybridized carbons (Fsp3) is 0.455. The van der Waals surface area contributed by atoms with Gasteiger partial charge in [-0.15, -0.1) is 0 Å². The van der Waals surface area contributed by atoms with Gasteiger partial charge in [-0.2, -0.15) is 0 Å². The molecule has 5 heteroatoms. The first-order valence-corrected chi connectivity index (χ1v) is 23.4. The maximum absolute atomic E-state index is 3.76. The van der Waals surface area contributed by atoms with Crippen LogP contribution in [-0.4, -0.2) is 5.33 Å². The molecule has 2 aliphatic rings. The van der Waals surface area contributed by atoms with Crippen LogP contribution in [0.3, 0.4) is 0 Å². The van der Waals surface area contributed by atoms with Gasteiger partial charge in [0.15, 0.2) is 0 Å². The highest BCUT2D eigenvalue weighted by atomic mass is 127. The first-order valence-electron chi connectivity index (χ1n) is 18.5. The van der Waals surface area contributed by atoms with E-state index < -0.39 is 0 Å². The van der Waals surface area contributed by atoms with Crippen LogP contribution in [0.5, 0.6) is 0 Å². The molecule has 0 aromatic heterocycles. The maximum Gasteiger partial charge on any atom is 0.0216 e. The molecule has 0 saturated heterocycles. The van der Waals surface area contributed by atoms with Crippen LogP contribution in [0.2, 0.25) is 0 Å². The molecular formula is C44H53Br3I2. The third-order valence-corrected chi connectivity index (χ3v) is 12.9. The second-order valence-electron chi connectivity index (χ2n) is 13.6. The Morgan fingerprint density at radius 2 is 0.959 bits per heavy atom. The van der Waals surface area contributed by atoms with Crippen molar-refractivity contribution in [3.05, 3.63) is 111 Å². The van der Waals surface area contributed by atoms with Gasteiger partial charge in [0.1, 0.15) is 0 Å². The average Bonchev–Trinajstić information content (AvgIpc) is 3.57. The molecule has 0 amide bonds. The molecule has 2 aliphatic carbocycles. The van der Waals surface area contributed by atoms with Crippen LogP contribution < -0.4 is 0 Å². The lowest BCUT2D eigenvalue weighted by molar-refractivity contribution is 0.400. The van der Waals surface area contributed by atoms with Crippen LogP contribution >= 0.6 is 93.0 Å². The molecule has 0 atom stereocenters. The van der Waals surface area contributed by atoms with E-state index in [0.717, 1.165) is 6.42 Å². The Labute approximate surface area is 350 Å². The van der Waals surface area contributed by atoms with Crippen molar-refractivity contribution in [2.24, 2.45) is 0 Å². The fourth-order valence-corrected chi connectivity index (χ4v) is 9.69. The molecule has 49 heavy (non-hydrogen) atoms. The van der Waals surface area contributed by atoms with Crippen LogP contribution in [0.25, 0.3) is 22.3 Å². The van der Waals surface area contributed by atoms with Gasteiger partial charge in [0.2, 0.25) is 0 Å². The molecule has 0 fully saturated rings. The minimum atomic E-state index is 0.205. The van der Waals surface area contributed by atoms with E-state index in [4.69, 9.17) is 0 Å². The number of hydrogen-bond donors (Lipinski definition) is 0. The van der Waals surface area contributed by atoms with E-state index in [1.165, 1.54) is 145 Å². The lowest BCUT2D eigenvalue weighted by Crippen LogP contribution is -2.25. The van der Waals surface area contributed by atoms with Gasteiger partial charge in [0.05, 0.1) is 0 Å². The summed E-state index contributed by atoms with van der Waals surface area (Å²) in [5.74, 6) is 0. The summed E-state index contributed by atoms with van der Waals surface area (Å²) < 4.78 is 5.07. The van der Waals surface area contributed by atoms with Gasteiger partial charge >= 0.3 is 0 Å². The first kappa shape index (κ1) is 41.5. The van der Waals surface area contributed by atoms with E-state index >= 15 is 0 Å². The van der Waals surface area contributed by atoms with Gasteiger partial charge in [-0.1, -0.05) is 163 Å². The predicted octanol–water partition coefficient (Wildman–Crippen LogP) is 16.8. The van der Waals surface area contributed by atoms with Crippen molar-refractivity contribution in [1.29, 1.82) is 0 Å². The molecule has 0 unspecified atom stereocenters. The Morgan fingerprint density at radius 3 is 1.53 bits per heavy atom. The van der Waals surface area contributed by atoms with Crippen LogP contribution in [0.4, 0.5) is 0 Å². The van der Waals surface area contributed by atoms with E-state index in [9.17, 15) is 0 Å². The van der Waals surface area contributed by atoms with Gasteiger partial charge in [-0.05, 0) is 164 Å². The Kier molecular flexibility index (Phi) is 18.2. The summed E-state index contributed by atoms with van der Waals surface area (Å²) in [6.07, 6.45) is 19.8. The molecule has 0 N–H and O–H groups in total. The number of alkyl halides is 1. The number of rotatable bonds is 14. The monoisotopic (exact) mass is 1070 g/mol. The Morgan fingerprint density at radius 1 is 0.510 bits per heavy atom. The minimum Gasteiger partial charge on any atom is -0.0928 e. The third kappa shape index (κ3) is 11.4. The summed E-state index contributed by atoms with van der Waals surface area (Å²) in [4.78, 5) is 0. The molecular weight excluding hydrogens is 1020 g/mol. The molecule has 0 bridgehead atoms. The molecule has 0 spiro atoms. The minimum absolute atomic E-state index is 0.205. The summed E-state index contributed by atoms with van der Waals surface area (Å²) in [7, 11) is 0. The molecule has 0 radical (unpaired) electrons. The summed E-state index contributed by atoms with van der Waals surface area (Å²) >= 11 is 15.5. The van der Waals surface area contributed by atoms with Gasteiger partial charge in [-0.25, -0.2) is 0 Å². The van der Waals surface area contributed by atoms with Gasteiger partial charge < -0.3 is 0 Å². The van der Waals surface area contributed by atoms with Gasteiger partial charge in [0, 0.05) is 26.8 Å². The van der Waals surface area contributed by atoms with Crippen molar-refractivity contribution in [2.75, 3.05) is 5.33 Å². The van der Waals surface area contributed by atoms with Gasteiger partial charge in [-0.3, -0.25) is 0 Å². The second kappa shape index (κ2) is 21.5. The highest BCUT2D eigenvalue weighted by molar-refractivity contribution is 14.1. The zero-order chi connectivity index (χ0) is 35.2. The van der Waals surface area contributed by atoms with Crippen molar-refractivity contribution >= 4 is 93.0 Å². The van der Waals surface area contributed by atoms with Crippen molar-refractivity contribution in [3.8, 4) is 22.3 Å². The maximum atomic E-state index is 3.76. The van der Waals surface area contributed by atoms with Crippen LogP contribution in [0, 0.1) is 7.14 Å². The van der Waals surface area contributed by atoms with Crippen molar-refractivity contribution in [1.82, 2.24) is 0 Å². The standard InChI is InChI=1S/C25H32BrI.C13H8BrI.C6H13Br/c1-3-5-7-9-15-25(16-10-8-6-4-2)23-17-19(26)11-13-21(23)22-14-12-20(27)18-24(22)25;14-10-1-3-12-8(6-10)5-9-7-11(15)2-4-13(9)12;1-2-3-4-5-6-7/h11-14,17-18H,3-10,15-16H2,1-2H3;1-4,6-7H,5H2;2-6H2,1H3. The largest absolute Gasteiger partial charge is 0.0928 e. The molecule has 0 nitrogen and oxygen atoms in total. The van der Waals surface area contributed by atoms with Crippen molar-refractivity contribution in [2.45, 2.75) is 122 Å². The molecule has 6 rings (SSSR count). The summed E-state index contributed by atoms with van der Waals surface area (Å²) in [5.41, 5.74) is 12.0. The number of benzene rings is 4. The van der Waals surface area contributed by atoms with Gasteiger partial charge in [0.25, 0.3) is 0 Å². The highest BCUT2D eigenvalue weighted by Gasteiger charge is 2.42. The number of halogens is 5. The Bertz CT molecular complexity index is 1510. The third-order valence-electron chi connectivity index (χ3n) is 9.99. The quantitative estimate of drug-likeness (QED) is 0.0591. The van der Waals surface area contributed by atoms with E-state index in [-0.39, 0.29) is 5.41 Å². The zero-order valence-corrected chi connectivity index (χ0v) is 38.7. The highest BCUT2D eigenvalue weighted by Crippen LogP contribution is 2.55. The molecule has 0 aliphatic heterocycles. The summed E-state index contributed by atoms with van der Waals surface area (Å²) in [6.45, 7) is 6.84. The lowest BCUT2D eigenvalue weighted by atomic mass is 9.70. The van der Waals surface area contributed by atoms with Crippen molar-refractivity contribution < 1.29 is 0 Å². The summed E-state index contributed by atoms with van der Waals surface area (Å²) in [6, 6.07) is 27.3. The number of unbranched alkanes of at least 4 members (excludes halogenated alkanes) is 9. The van der Waals surface area contributed by atoms with E-state index in [1.807, 2.05) is 0 Å². The Hall–Kier alpha value is -0.220. The van der Waals surface area contributed by atoms with E-state index in [2.05, 4.69) is 187 Å². The SMILES string of the molecule is Brc1ccc2c(c1)Cc1cc(I)ccc1-2.CCCCCCBr.CCCCCCC1(CCCCCC)c2cc(Br)ccc2-c2ccc(I)cc21. The second-order valence-corrected chi connectivity index (χ2v) is 18.7. The molecule has 0 heterocycles. The zero-order valence-electron chi connectivity index (χ0n) is 29.6. The van der Waals surface area contributed by atoms with Crippen LogP contribution in [0.15, 0.2) is 81.7 Å². The van der Waals surface area contributed by atoms with Crippen LogP contribution in [-0.2, 0) is 11.8 Å². The normalized spacial score (nSPS) is 13.0. The lowest BCUT2D eigenvalue weighted by Gasteiger charge is -2.33. The topological polar surface area (TPSA) is 0 Å². The smallest absolute Gasteiger partial charge is 0.0216 e. The van der Waals surface area contributed by atoms with Crippen LogP contribution in [0.1, 0.15) is 133 Å². The summed E-state index contributed by atoms with van der Waals surface area (Å²) in [5, 5.41) is 1.17. The molecule has 4 aromatic rings. The molecule has 264 valence electrons. The number of fused-ring (bicyclic) bond motifs is 6.